The molecule has 1 aliphatic heterocycles. The van der Waals surface area contributed by atoms with Gasteiger partial charge >= 0.3 is 5.97 Å². The van der Waals surface area contributed by atoms with Gasteiger partial charge in [-0.2, -0.15) is 0 Å². The van der Waals surface area contributed by atoms with E-state index < -0.39 is 74.5 Å². The van der Waals surface area contributed by atoms with Gasteiger partial charge in [-0.3, -0.25) is 4.79 Å². The zero-order valence-corrected chi connectivity index (χ0v) is 21.9. The van der Waals surface area contributed by atoms with Crippen LogP contribution >= 0.6 is 12.2 Å². The van der Waals surface area contributed by atoms with Crippen LogP contribution in [0.15, 0.2) is 23.8 Å². The Bertz CT molecular complexity index is 1080. The lowest BCUT2D eigenvalue weighted by atomic mass is 9.44. The third-order valence-corrected chi connectivity index (χ3v) is 10.7. The van der Waals surface area contributed by atoms with Gasteiger partial charge < -0.3 is 19.7 Å². The summed E-state index contributed by atoms with van der Waals surface area (Å²) < 4.78 is 44.7. The van der Waals surface area contributed by atoms with Crippen molar-refractivity contribution in [1.82, 2.24) is 0 Å². The van der Waals surface area contributed by atoms with Gasteiger partial charge in [0.15, 0.2) is 22.7 Å². The molecule has 2 N–H and O–H groups in total. The minimum Gasteiger partial charge on any atom is -0.499 e. The van der Waals surface area contributed by atoms with E-state index in [-0.39, 0.29) is 18.4 Å². The quantitative estimate of drug-likeness (QED) is 0.420. The van der Waals surface area contributed by atoms with Gasteiger partial charge in [-0.25, -0.2) is 13.6 Å². The van der Waals surface area contributed by atoms with Gasteiger partial charge in [-0.15, -0.1) is 0 Å². The summed E-state index contributed by atoms with van der Waals surface area (Å²) in [5, 5.41) is 21.9. The van der Waals surface area contributed by atoms with Crippen molar-refractivity contribution in [1.29, 1.82) is 0 Å². The second-order valence-corrected chi connectivity index (χ2v) is 12.5. The number of alkyl halides is 2. The molecular formula is C27H34F2O6S. The van der Waals surface area contributed by atoms with Crippen molar-refractivity contribution < 1.29 is 38.1 Å². The van der Waals surface area contributed by atoms with Crippen LogP contribution in [0.5, 0.6) is 0 Å². The smallest absolute Gasteiger partial charge is 0.339 e. The molecule has 0 aromatic rings. The summed E-state index contributed by atoms with van der Waals surface area (Å²) in [6.45, 7) is 7.11. The number of carbonyl (C=O) groups is 2. The van der Waals surface area contributed by atoms with Crippen molar-refractivity contribution in [2.45, 2.75) is 88.9 Å². The fraction of sp³-hybridized carbons (Fsp3) is 0.741. The van der Waals surface area contributed by atoms with Crippen LogP contribution in [0, 0.1) is 28.6 Å². The van der Waals surface area contributed by atoms with Crippen molar-refractivity contribution in [2.24, 2.45) is 28.6 Å². The fourth-order valence-corrected chi connectivity index (χ4v) is 8.91. The molecule has 4 fully saturated rings. The molecule has 0 bridgehead atoms. The number of rotatable bonds is 3. The standard InChI is InChI=1S/C27H34F2O6S/c1-14-10-16-17-12-19(28)18-11-15(30)6-8-23(18,2)26(17,29)20(31)13-24(16,3)27(14,22(33)36)35-21(32)25(4)7-5-9-34-25/h6,8,11,14,16-17,19-20,31H,5,7,9-10,12-13H2,1-4H3,(H,33,36)/t14-,16+,17+,19+,20+,23+,24+,25?,26?,27+/m1/s1. The average Bonchev–Trinajstić information content (AvgIpc) is 3.33. The Morgan fingerprint density at radius 3 is 2.56 bits per heavy atom. The molecule has 0 aromatic carbocycles. The first-order valence-corrected chi connectivity index (χ1v) is 13.2. The van der Waals surface area contributed by atoms with E-state index in [1.165, 1.54) is 19.1 Å². The molecule has 5 aliphatic rings. The Labute approximate surface area is 215 Å². The number of esters is 1. The highest BCUT2D eigenvalue weighted by molar-refractivity contribution is 7.80. The fourth-order valence-electron chi connectivity index (χ4n) is 8.43. The summed E-state index contributed by atoms with van der Waals surface area (Å²) in [5.74, 6) is -3.10. The number of thiocarbonyl (C=S) groups is 1. The third-order valence-electron chi connectivity index (χ3n) is 10.4. The minimum atomic E-state index is -2.26. The van der Waals surface area contributed by atoms with Crippen molar-refractivity contribution in [3.63, 3.8) is 0 Å². The van der Waals surface area contributed by atoms with Crippen molar-refractivity contribution in [3.05, 3.63) is 23.8 Å². The number of hydrogen-bond donors (Lipinski definition) is 2. The van der Waals surface area contributed by atoms with Gasteiger partial charge in [-0.05, 0) is 81.8 Å². The average molecular weight is 525 g/mol. The van der Waals surface area contributed by atoms with Crippen LogP contribution in [0.4, 0.5) is 8.78 Å². The zero-order chi connectivity index (χ0) is 26.5. The molecule has 0 spiro atoms. The molecule has 6 nitrogen and oxygen atoms in total. The Morgan fingerprint density at radius 2 is 1.94 bits per heavy atom. The van der Waals surface area contributed by atoms with Gasteiger partial charge in [0, 0.05) is 29.3 Å². The van der Waals surface area contributed by atoms with Crippen LogP contribution in [0.25, 0.3) is 0 Å². The second kappa shape index (κ2) is 7.90. The van der Waals surface area contributed by atoms with Crippen LogP contribution in [-0.4, -0.2) is 62.8 Å². The predicted molar refractivity (Wildman–Crippen MR) is 131 cm³/mol. The van der Waals surface area contributed by atoms with Gasteiger partial charge in [0.05, 0.1) is 6.10 Å². The van der Waals surface area contributed by atoms with E-state index in [4.69, 9.17) is 21.7 Å². The maximum Gasteiger partial charge on any atom is 0.339 e. The lowest BCUT2D eigenvalue weighted by Gasteiger charge is -2.63. The normalized spacial score (nSPS) is 51.7. The van der Waals surface area contributed by atoms with E-state index in [9.17, 15) is 19.8 Å². The Hall–Kier alpha value is -1.71. The molecule has 4 aliphatic carbocycles. The molecule has 1 heterocycles. The molecule has 9 heteroatoms. The summed E-state index contributed by atoms with van der Waals surface area (Å²) in [4.78, 5) is 25.4. The van der Waals surface area contributed by atoms with Crippen LogP contribution in [0.1, 0.15) is 59.8 Å². The van der Waals surface area contributed by atoms with Crippen LogP contribution in [0.2, 0.25) is 0 Å². The molecule has 1 saturated heterocycles. The van der Waals surface area contributed by atoms with Gasteiger partial charge in [-0.1, -0.05) is 19.9 Å². The van der Waals surface area contributed by atoms with Crippen molar-refractivity contribution in [2.75, 3.05) is 6.61 Å². The number of aliphatic hydroxyl groups excluding tert-OH is 2. The van der Waals surface area contributed by atoms with E-state index >= 15 is 8.78 Å². The predicted octanol–water partition coefficient (Wildman–Crippen LogP) is 4.29. The SMILES string of the molecule is C[C@@H]1C[C@H]2[C@@H]3C[C@H](F)C4=CC(=O)C=C[C@]4(C)C3(F)[C@@H](O)C[C@]2(C)[C@@]1(OC(=O)C1(C)CCCO1)C(O)=S. The highest BCUT2D eigenvalue weighted by Crippen LogP contribution is 2.71. The molecule has 198 valence electrons. The van der Waals surface area contributed by atoms with E-state index in [1.807, 2.05) is 0 Å². The number of hydrogen-bond acceptors (Lipinski definition) is 6. The number of halogens is 2. The van der Waals surface area contributed by atoms with Gasteiger partial charge in [0.1, 0.15) is 6.17 Å². The number of aliphatic hydroxyl groups is 2. The van der Waals surface area contributed by atoms with Crippen LogP contribution in [-0.2, 0) is 19.1 Å². The first kappa shape index (κ1) is 25.9. The molecule has 36 heavy (non-hydrogen) atoms. The Kier molecular flexibility index (Phi) is 5.69. The molecular weight excluding hydrogens is 490 g/mol. The van der Waals surface area contributed by atoms with Gasteiger partial charge in [0.2, 0.25) is 5.05 Å². The van der Waals surface area contributed by atoms with Crippen molar-refractivity contribution >= 4 is 29.0 Å². The molecule has 3 saturated carbocycles. The number of carbonyl (C=O) groups excluding carboxylic acids is 2. The maximum atomic E-state index is 17.3. The van der Waals surface area contributed by atoms with E-state index in [2.05, 4.69) is 0 Å². The lowest BCUT2D eigenvalue weighted by Crippen LogP contribution is -2.71. The number of allylic oxidation sites excluding steroid dienone is 4. The third kappa shape index (κ3) is 2.96. The van der Waals surface area contributed by atoms with Crippen molar-refractivity contribution in [3.8, 4) is 0 Å². The summed E-state index contributed by atoms with van der Waals surface area (Å²) >= 11 is 5.31. The summed E-state index contributed by atoms with van der Waals surface area (Å²) in [6, 6.07) is 0. The molecule has 5 rings (SSSR count). The lowest BCUT2D eigenvalue weighted by molar-refractivity contribution is -0.227. The number of fused-ring (bicyclic) bond motifs is 5. The molecule has 2 unspecified atom stereocenters. The summed E-state index contributed by atoms with van der Waals surface area (Å²) in [6.07, 6.45) is 1.66. The van der Waals surface area contributed by atoms with Crippen LogP contribution in [0.3, 0.4) is 0 Å². The van der Waals surface area contributed by atoms with Crippen LogP contribution < -0.4 is 0 Å². The molecule has 0 aromatic heterocycles. The Balaban J connectivity index is 1.60. The molecule has 10 atom stereocenters. The first-order valence-electron chi connectivity index (χ1n) is 12.7. The molecule has 0 radical (unpaired) electrons. The monoisotopic (exact) mass is 524 g/mol. The largest absolute Gasteiger partial charge is 0.499 e. The summed E-state index contributed by atoms with van der Waals surface area (Å²) in [5.41, 5.74) is -7.76. The van der Waals surface area contributed by atoms with E-state index in [1.54, 1.807) is 20.8 Å². The highest BCUT2D eigenvalue weighted by Gasteiger charge is 2.78. The van der Waals surface area contributed by atoms with Gasteiger partial charge in [0.25, 0.3) is 0 Å². The highest BCUT2D eigenvalue weighted by atomic mass is 32.1. The minimum absolute atomic E-state index is 0.0455. The first-order chi connectivity index (χ1) is 16.7. The topological polar surface area (TPSA) is 93.1 Å². The summed E-state index contributed by atoms with van der Waals surface area (Å²) in [7, 11) is 0. The number of ether oxygens (including phenoxy) is 2. The Morgan fingerprint density at radius 1 is 1.25 bits per heavy atom. The number of ketones is 1. The zero-order valence-electron chi connectivity index (χ0n) is 21.1. The molecule has 0 amide bonds. The second-order valence-electron chi connectivity index (χ2n) is 12.1. The van der Waals surface area contributed by atoms with E-state index in [0.29, 0.717) is 25.9 Å². The maximum absolute atomic E-state index is 17.3. The van der Waals surface area contributed by atoms with E-state index in [0.717, 1.165) is 6.08 Å².